The van der Waals surface area contributed by atoms with Gasteiger partial charge >= 0.3 is 0 Å². The maximum Gasteiger partial charge on any atom is 0.122 e. The molecule has 0 radical (unpaired) electrons. The van der Waals surface area contributed by atoms with Crippen LogP contribution in [0.3, 0.4) is 0 Å². The minimum atomic E-state index is -0.497. The predicted octanol–water partition coefficient (Wildman–Crippen LogP) is 3.94. The Hall–Kier alpha value is -1.51. The Kier molecular flexibility index (Phi) is 3.95. The van der Waals surface area contributed by atoms with E-state index in [0.29, 0.717) is 11.4 Å². The highest BCUT2D eigenvalue weighted by Gasteiger charge is 2.14. The molecular formula is C17H17ClO2. The van der Waals surface area contributed by atoms with Crippen molar-refractivity contribution in [3.63, 3.8) is 0 Å². The lowest BCUT2D eigenvalue weighted by Crippen LogP contribution is -2.10. The van der Waals surface area contributed by atoms with E-state index in [2.05, 4.69) is 6.07 Å². The molecule has 1 atom stereocenters. The van der Waals surface area contributed by atoms with Gasteiger partial charge in [0.05, 0.1) is 12.7 Å². The van der Waals surface area contributed by atoms with Gasteiger partial charge in [-0.2, -0.15) is 0 Å². The summed E-state index contributed by atoms with van der Waals surface area (Å²) in [7, 11) is 0. The van der Waals surface area contributed by atoms with Gasteiger partial charge in [0.2, 0.25) is 0 Å². The van der Waals surface area contributed by atoms with Gasteiger partial charge in [-0.1, -0.05) is 29.8 Å². The summed E-state index contributed by atoms with van der Waals surface area (Å²) in [6.45, 7) is 0.791. The quantitative estimate of drug-likeness (QED) is 0.927. The summed E-state index contributed by atoms with van der Waals surface area (Å²) in [5, 5.41) is 11.1. The maximum atomic E-state index is 10.4. The van der Waals surface area contributed by atoms with Crippen LogP contribution < -0.4 is 4.74 Å². The smallest absolute Gasteiger partial charge is 0.122 e. The van der Waals surface area contributed by atoms with E-state index in [0.717, 1.165) is 36.3 Å². The number of aliphatic hydroxyl groups is 1. The number of aryl methyl sites for hydroxylation is 1. The molecule has 0 saturated heterocycles. The lowest BCUT2D eigenvalue weighted by molar-refractivity contribution is 0.178. The van der Waals surface area contributed by atoms with Gasteiger partial charge in [0.1, 0.15) is 5.75 Å². The summed E-state index contributed by atoms with van der Waals surface area (Å²) in [5.41, 5.74) is 3.23. The number of hydrogen-bond donors (Lipinski definition) is 1. The van der Waals surface area contributed by atoms with Crippen molar-refractivity contribution in [3.05, 3.63) is 64.2 Å². The SMILES string of the molecule is OC(Cc1ccc(Cl)cc1)c1ccc2c(c1)CCCO2. The Morgan fingerprint density at radius 2 is 1.95 bits per heavy atom. The normalized spacial score (nSPS) is 15.3. The molecule has 0 spiro atoms. The van der Waals surface area contributed by atoms with Crippen LogP contribution in [0, 0.1) is 0 Å². The molecule has 2 aromatic rings. The monoisotopic (exact) mass is 288 g/mol. The first-order valence-corrected chi connectivity index (χ1v) is 7.28. The zero-order valence-electron chi connectivity index (χ0n) is 11.2. The van der Waals surface area contributed by atoms with Gasteiger partial charge < -0.3 is 9.84 Å². The van der Waals surface area contributed by atoms with Gasteiger partial charge in [-0.3, -0.25) is 0 Å². The number of fused-ring (bicyclic) bond motifs is 1. The first-order chi connectivity index (χ1) is 9.72. The fraction of sp³-hybridized carbons (Fsp3) is 0.294. The van der Waals surface area contributed by atoms with E-state index in [9.17, 15) is 5.11 Å². The Morgan fingerprint density at radius 1 is 1.15 bits per heavy atom. The molecule has 20 heavy (non-hydrogen) atoms. The number of aliphatic hydroxyl groups excluding tert-OH is 1. The summed E-state index contributed by atoms with van der Waals surface area (Å²) in [6.07, 6.45) is 2.17. The van der Waals surface area contributed by atoms with Crippen LogP contribution in [0.25, 0.3) is 0 Å². The molecule has 0 saturated carbocycles. The Balaban J connectivity index is 1.76. The molecule has 1 aliphatic rings. The molecule has 104 valence electrons. The van der Waals surface area contributed by atoms with E-state index in [4.69, 9.17) is 16.3 Å². The summed E-state index contributed by atoms with van der Waals surface area (Å²) in [5.74, 6) is 0.957. The molecule has 2 aromatic carbocycles. The van der Waals surface area contributed by atoms with Crippen molar-refractivity contribution in [1.29, 1.82) is 0 Å². The van der Waals surface area contributed by atoms with Gasteiger partial charge in [-0.15, -0.1) is 0 Å². The highest BCUT2D eigenvalue weighted by atomic mass is 35.5. The van der Waals surface area contributed by atoms with Crippen molar-refractivity contribution in [2.24, 2.45) is 0 Å². The predicted molar refractivity (Wildman–Crippen MR) is 80.4 cm³/mol. The van der Waals surface area contributed by atoms with Crippen LogP contribution in [-0.2, 0) is 12.8 Å². The van der Waals surface area contributed by atoms with Gasteiger partial charge in [0.15, 0.2) is 0 Å². The van der Waals surface area contributed by atoms with Gasteiger partial charge in [-0.25, -0.2) is 0 Å². The molecule has 0 fully saturated rings. The van der Waals surface area contributed by atoms with Crippen molar-refractivity contribution < 1.29 is 9.84 Å². The second kappa shape index (κ2) is 5.86. The molecular weight excluding hydrogens is 272 g/mol. The van der Waals surface area contributed by atoms with E-state index in [-0.39, 0.29) is 0 Å². The lowest BCUT2D eigenvalue weighted by atomic mass is 9.97. The van der Waals surface area contributed by atoms with E-state index in [1.54, 1.807) is 0 Å². The fourth-order valence-corrected chi connectivity index (χ4v) is 2.68. The van der Waals surface area contributed by atoms with Crippen LogP contribution in [0.2, 0.25) is 5.02 Å². The van der Waals surface area contributed by atoms with Crippen LogP contribution in [0.1, 0.15) is 29.2 Å². The summed E-state index contributed by atoms with van der Waals surface area (Å²) in [6, 6.07) is 13.6. The highest BCUT2D eigenvalue weighted by molar-refractivity contribution is 6.30. The van der Waals surface area contributed by atoms with Gasteiger partial charge in [-0.05, 0) is 53.8 Å². The molecule has 1 heterocycles. The standard InChI is InChI=1S/C17H17ClO2/c18-15-6-3-12(4-7-15)10-16(19)13-5-8-17-14(11-13)2-1-9-20-17/h3-8,11,16,19H,1-2,9-10H2. The van der Waals surface area contributed by atoms with Crippen LogP contribution in [0.15, 0.2) is 42.5 Å². The Bertz CT molecular complexity index is 592. The average molecular weight is 289 g/mol. The molecule has 3 rings (SSSR count). The third kappa shape index (κ3) is 2.97. The van der Waals surface area contributed by atoms with Crippen molar-refractivity contribution in [3.8, 4) is 5.75 Å². The summed E-state index contributed by atoms with van der Waals surface area (Å²) in [4.78, 5) is 0. The third-order valence-electron chi connectivity index (χ3n) is 3.66. The van der Waals surface area contributed by atoms with E-state index >= 15 is 0 Å². The zero-order chi connectivity index (χ0) is 13.9. The van der Waals surface area contributed by atoms with E-state index in [1.165, 1.54) is 5.56 Å². The second-order valence-corrected chi connectivity index (χ2v) is 5.60. The van der Waals surface area contributed by atoms with E-state index < -0.39 is 6.10 Å². The van der Waals surface area contributed by atoms with Crippen molar-refractivity contribution >= 4 is 11.6 Å². The largest absolute Gasteiger partial charge is 0.493 e. The molecule has 0 bridgehead atoms. The molecule has 3 heteroatoms. The molecule has 1 aliphatic heterocycles. The fourth-order valence-electron chi connectivity index (χ4n) is 2.55. The first kappa shape index (κ1) is 13.5. The maximum absolute atomic E-state index is 10.4. The Morgan fingerprint density at radius 3 is 2.75 bits per heavy atom. The second-order valence-electron chi connectivity index (χ2n) is 5.17. The molecule has 0 aliphatic carbocycles. The third-order valence-corrected chi connectivity index (χ3v) is 3.91. The molecule has 0 amide bonds. The first-order valence-electron chi connectivity index (χ1n) is 6.90. The summed E-state index contributed by atoms with van der Waals surface area (Å²) >= 11 is 5.87. The van der Waals surface area contributed by atoms with Crippen LogP contribution in [0.4, 0.5) is 0 Å². The van der Waals surface area contributed by atoms with Gasteiger partial charge in [0.25, 0.3) is 0 Å². The zero-order valence-corrected chi connectivity index (χ0v) is 11.9. The highest BCUT2D eigenvalue weighted by Crippen LogP contribution is 2.29. The average Bonchev–Trinajstić information content (AvgIpc) is 2.49. The number of benzene rings is 2. The van der Waals surface area contributed by atoms with Crippen molar-refractivity contribution in [2.75, 3.05) is 6.61 Å². The number of rotatable bonds is 3. The van der Waals surface area contributed by atoms with Crippen molar-refractivity contribution in [2.45, 2.75) is 25.4 Å². The Labute approximate surface area is 124 Å². The number of hydrogen-bond acceptors (Lipinski definition) is 2. The summed E-state index contributed by atoms with van der Waals surface area (Å²) < 4.78 is 5.59. The molecule has 1 unspecified atom stereocenters. The topological polar surface area (TPSA) is 29.5 Å². The van der Waals surface area contributed by atoms with E-state index in [1.807, 2.05) is 36.4 Å². The van der Waals surface area contributed by atoms with Crippen LogP contribution in [0.5, 0.6) is 5.75 Å². The molecule has 1 N–H and O–H groups in total. The van der Waals surface area contributed by atoms with Crippen molar-refractivity contribution in [1.82, 2.24) is 0 Å². The number of ether oxygens (including phenoxy) is 1. The molecule has 0 aromatic heterocycles. The molecule has 2 nitrogen and oxygen atoms in total. The lowest BCUT2D eigenvalue weighted by Gasteiger charge is -2.19. The van der Waals surface area contributed by atoms with Crippen LogP contribution >= 0.6 is 11.6 Å². The van der Waals surface area contributed by atoms with Gasteiger partial charge in [0, 0.05) is 11.4 Å². The minimum Gasteiger partial charge on any atom is -0.493 e. The number of halogens is 1. The van der Waals surface area contributed by atoms with Crippen LogP contribution in [-0.4, -0.2) is 11.7 Å². The minimum absolute atomic E-state index is 0.497.